The smallest absolute Gasteiger partial charge is 0.254 e. The van der Waals surface area contributed by atoms with Crippen molar-refractivity contribution in [2.24, 2.45) is 0 Å². The van der Waals surface area contributed by atoms with E-state index in [0.29, 0.717) is 12.4 Å². The van der Waals surface area contributed by atoms with Gasteiger partial charge in [-0.15, -0.1) is 11.6 Å². The molecule has 0 saturated heterocycles. The van der Waals surface area contributed by atoms with Crippen molar-refractivity contribution in [1.29, 1.82) is 0 Å². The average Bonchev–Trinajstić information content (AvgIpc) is 2.50. The molecule has 1 aromatic heterocycles. The second kappa shape index (κ2) is 4.63. The van der Waals surface area contributed by atoms with Gasteiger partial charge in [0.25, 0.3) is 5.91 Å². The summed E-state index contributed by atoms with van der Waals surface area (Å²) < 4.78 is 0. The summed E-state index contributed by atoms with van der Waals surface area (Å²) in [6.07, 6.45) is 0. The number of thiophene rings is 1. The van der Waals surface area contributed by atoms with Crippen LogP contribution in [0.1, 0.15) is 15.9 Å². The van der Waals surface area contributed by atoms with Crippen molar-refractivity contribution in [3.05, 3.63) is 21.9 Å². The van der Waals surface area contributed by atoms with Crippen LogP contribution < -0.4 is 0 Å². The molecule has 1 amide bonds. The fourth-order valence-corrected chi connectivity index (χ4v) is 2.09. The first-order chi connectivity index (χ1) is 6.16. The second-order valence-electron chi connectivity index (χ2n) is 2.88. The number of hydrogen-bond donors (Lipinski definition) is 0. The summed E-state index contributed by atoms with van der Waals surface area (Å²) in [7, 11) is 1.77. The molecule has 0 aliphatic heterocycles. The Labute approximate surface area is 87.1 Å². The zero-order chi connectivity index (χ0) is 9.84. The van der Waals surface area contributed by atoms with Crippen LogP contribution in [0, 0.1) is 6.92 Å². The predicted octanol–water partition coefficient (Wildman–Crippen LogP) is 2.37. The van der Waals surface area contributed by atoms with Crippen molar-refractivity contribution in [3.63, 3.8) is 0 Å². The molecular formula is C9H12ClNOS. The van der Waals surface area contributed by atoms with Crippen LogP contribution in [0.3, 0.4) is 0 Å². The van der Waals surface area contributed by atoms with Gasteiger partial charge in [-0.1, -0.05) is 0 Å². The van der Waals surface area contributed by atoms with Crippen LogP contribution in [0.25, 0.3) is 0 Å². The standard InChI is InChI=1S/C9H12ClNOS/c1-7-5-13-6-8(7)9(12)11(2)4-3-10/h5-6H,3-4H2,1-2H3. The summed E-state index contributed by atoms with van der Waals surface area (Å²) in [5.74, 6) is 0.533. The minimum absolute atomic E-state index is 0.0550. The molecule has 0 spiro atoms. The van der Waals surface area contributed by atoms with Crippen LogP contribution in [0.2, 0.25) is 0 Å². The van der Waals surface area contributed by atoms with Crippen molar-refractivity contribution < 1.29 is 4.79 Å². The Morgan fingerprint density at radius 3 is 2.77 bits per heavy atom. The van der Waals surface area contributed by atoms with E-state index in [0.717, 1.165) is 11.1 Å². The van der Waals surface area contributed by atoms with Crippen molar-refractivity contribution in [1.82, 2.24) is 4.90 Å². The molecule has 0 aliphatic rings. The number of halogens is 1. The monoisotopic (exact) mass is 217 g/mol. The van der Waals surface area contributed by atoms with Crippen LogP contribution in [-0.2, 0) is 0 Å². The maximum atomic E-state index is 11.7. The molecule has 13 heavy (non-hydrogen) atoms. The molecule has 72 valence electrons. The number of carbonyl (C=O) groups excluding carboxylic acids is 1. The topological polar surface area (TPSA) is 20.3 Å². The molecule has 4 heteroatoms. The SMILES string of the molecule is Cc1cscc1C(=O)N(C)CCCl. The fourth-order valence-electron chi connectivity index (χ4n) is 1.01. The number of nitrogens with zero attached hydrogens (tertiary/aromatic N) is 1. The Hall–Kier alpha value is -0.540. The number of rotatable bonds is 3. The molecule has 0 unspecified atom stereocenters. The summed E-state index contributed by atoms with van der Waals surface area (Å²) in [5.41, 5.74) is 1.83. The first kappa shape index (κ1) is 10.5. The number of amides is 1. The maximum Gasteiger partial charge on any atom is 0.254 e. The lowest BCUT2D eigenvalue weighted by molar-refractivity contribution is 0.0803. The third kappa shape index (κ3) is 2.45. The van der Waals surface area contributed by atoms with Gasteiger partial charge >= 0.3 is 0 Å². The summed E-state index contributed by atoms with van der Waals surface area (Å²) in [5, 5.41) is 3.85. The molecule has 0 atom stereocenters. The van der Waals surface area contributed by atoms with Gasteiger partial charge in [-0.2, -0.15) is 11.3 Å². The highest BCUT2D eigenvalue weighted by Gasteiger charge is 2.13. The molecule has 0 bridgehead atoms. The predicted molar refractivity (Wildman–Crippen MR) is 56.7 cm³/mol. The van der Waals surface area contributed by atoms with Gasteiger partial charge in [-0.05, 0) is 17.9 Å². The number of carbonyl (C=O) groups is 1. The van der Waals surface area contributed by atoms with Crippen LogP contribution in [-0.4, -0.2) is 30.3 Å². The van der Waals surface area contributed by atoms with E-state index >= 15 is 0 Å². The highest BCUT2D eigenvalue weighted by atomic mass is 35.5. The van der Waals surface area contributed by atoms with E-state index in [1.807, 2.05) is 17.7 Å². The zero-order valence-electron chi connectivity index (χ0n) is 7.71. The third-order valence-corrected chi connectivity index (χ3v) is 2.88. The lowest BCUT2D eigenvalue weighted by atomic mass is 10.2. The van der Waals surface area contributed by atoms with E-state index in [1.165, 1.54) is 0 Å². The van der Waals surface area contributed by atoms with E-state index in [2.05, 4.69) is 0 Å². The van der Waals surface area contributed by atoms with Gasteiger partial charge in [-0.25, -0.2) is 0 Å². The quantitative estimate of drug-likeness (QED) is 0.712. The molecule has 2 nitrogen and oxygen atoms in total. The van der Waals surface area contributed by atoms with Crippen molar-refractivity contribution in [2.45, 2.75) is 6.92 Å². The first-order valence-corrected chi connectivity index (χ1v) is 5.48. The van der Waals surface area contributed by atoms with Crippen LogP contribution in [0.5, 0.6) is 0 Å². The molecule has 0 radical (unpaired) electrons. The molecule has 1 aromatic rings. The summed E-state index contributed by atoms with van der Waals surface area (Å²) in [6.45, 7) is 2.54. The number of aryl methyl sites for hydroxylation is 1. The van der Waals surface area contributed by atoms with Gasteiger partial charge < -0.3 is 4.90 Å². The molecule has 1 heterocycles. The average molecular weight is 218 g/mol. The van der Waals surface area contributed by atoms with Gasteiger partial charge in [0.05, 0.1) is 5.56 Å². The molecule has 0 N–H and O–H groups in total. The Morgan fingerprint density at radius 1 is 1.62 bits per heavy atom. The largest absolute Gasteiger partial charge is 0.340 e. The van der Waals surface area contributed by atoms with Gasteiger partial charge in [0.15, 0.2) is 0 Å². The van der Waals surface area contributed by atoms with Gasteiger partial charge in [0, 0.05) is 24.9 Å². The molecule has 0 fully saturated rings. The van der Waals surface area contributed by atoms with Crippen molar-refractivity contribution in [3.8, 4) is 0 Å². The van der Waals surface area contributed by atoms with E-state index in [4.69, 9.17) is 11.6 Å². The normalized spacial score (nSPS) is 10.1. The highest BCUT2D eigenvalue weighted by Crippen LogP contribution is 2.15. The minimum Gasteiger partial charge on any atom is -0.340 e. The molecule has 0 aliphatic carbocycles. The zero-order valence-corrected chi connectivity index (χ0v) is 9.28. The van der Waals surface area contributed by atoms with Gasteiger partial charge in [0.1, 0.15) is 0 Å². The fraction of sp³-hybridized carbons (Fsp3) is 0.444. The Morgan fingerprint density at radius 2 is 2.31 bits per heavy atom. The lowest BCUT2D eigenvalue weighted by Gasteiger charge is -2.14. The van der Waals surface area contributed by atoms with E-state index in [9.17, 15) is 4.79 Å². The maximum absolute atomic E-state index is 11.7. The van der Waals surface area contributed by atoms with E-state index in [-0.39, 0.29) is 5.91 Å². The van der Waals surface area contributed by atoms with Gasteiger partial charge in [0.2, 0.25) is 0 Å². The van der Waals surface area contributed by atoms with Crippen LogP contribution >= 0.6 is 22.9 Å². The minimum atomic E-state index is 0.0550. The number of alkyl halides is 1. The first-order valence-electron chi connectivity index (χ1n) is 4.01. The second-order valence-corrected chi connectivity index (χ2v) is 4.01. The van der Waals surface area contributed by atoms with E-state index in [1.54, 1.807) is 23.3 Å². The van der Waals surface area contributed by atoms with Gasteiger partial charge in [-0.3, -0.25) is 4.79 Å². The highest BCUT2D eigenvalue weighted by molar-refractivity contribution is 7.08. The van der Waals surface area contributed by atoms with Crippen molar-refractivity contribution in [2.75, 3.05) is 19.5 Å². The number of hydrogen-bond acceptors (Lipinski definition) is 2. The summed E-state index contributed by atoms with van der Waals surface area (Å²) >= 11 is 7.10. The third-order valence-electron chi connectivity index (χ3n) is 1.85. The van der Waals surface area contributed by atoms with Crippen LogP contribution in [0.15, 0.2) is 10.8 Å². The molecular weight excluding hydrogens is 206 g/mol. The Kier molecular flexibility index (Phi) is 3.75. The van der Waals surface area contributed by atoms with Crippen molar-refractivity contribution >= 4 is 28.8 Å². The molecule has 0 aromatic carbocycles. The van der Waals surface area contributed by atoms with E-state index < -0.39 is 0 Å². The molecule has 0 saturated carbocycles. The Balaban J connectivity index is 2.73. The molecule has 1 rings (SSSR count). The van der Waals surface area contributed by atoms with Crippen LogP contribution in [0.4, 0.5) is 0 Å². The Bertz CT molecular complexity index is 298. The summed E-state index contributed by atoms with van der Waals surface area (Å²) in [4.78, 5) is 13.3. The summed E-state index contributed by atoms with van der Waals surface area (Å²) in [6, 6.07) is 0. The lowest BCUT2D eigenvalue weighted by Crippen LogP contribution is -2.28.